The molecule has 19 heavy (non-hydrogen) atoms. The van der Waals surface area contributed by atoms with Gasteiger partial charge >= 0.3 is 5.97 Å². The fourth-order valence-corrected chi connectivity index (χ4v) is 3.17. The molecule has 0 aliphatic carbocycles. The van der Waals surface area contributed by atoms with Gasteiger partial charge in [-0.25, -0.2) is 0 Å². The van der Waals surface area contributed by atoms with Crippen LogP contribution in [-0.2, 0) is 11.2 Å². The average Bonchev–Trinajstić information content (AvgIpc) is 2.91. The molecule has 0 N–H and O–H groups in total. The number of carbonyl (C=O) groups is 1. The van der Waals surface area contributed by atoms with Gasteiger partial charge < -0.3 is 4.74 Å². The molecule has 2 aromatic rings. The highest BCUT2D eigenvalue weighted by molar-refractivity contribution is 7.13. The average molecular weight is 272 g/mol. The predicted molar refractivity (Wildman–Crippen MR) is 77.4 cm³/mol. The number of esters is 1. The van der Waals surface area contributed by atoms with Crippen LogP contribution in [0.3, 0.4) is 0 Å². The Hall–Kier alpha value is -1.61. The van der Waals surface area contributed by atoms with Crippen molar-refractivity contribution in [2.45, 2.75) is 20.3 Å². The highest BCUT2D eigenvalue weighted by Crippen LogP contribution is 2.35. The van der Waals surface area contributed by atoms with Crippen molar-refractivity contribution in [2.75, 3.05) is 0 Å². The maximum Gasteiger partial charge on any atom is 0.314 e. The van der Waals surface area contributed by atoms with Gasteiger partial charge in [-0.2, -0.15) is 0 Å². The van der Waals surface area contributed by atoms with E-state index in [0.29, 0.717) is 5.92 Å². The first-order chi connectivity index (χ1) is 9.15. The van der Waals surface area contributed by atoms with E-state index in [9.17, 15) is 4.79 Å². The number of hydrogen-bond donors (Lipinski definition) is 0. The third-order valence-electron chi connectivity index (χ3n) is 3.62. The summed E-state index contributed by atoms with van der Waals surface area (Å²) in [6.07, 6.45) is 0.783. The van der Waals surface area contributed by atoms with E-state index in [4.69, 9.17) is 4.74 Å². The Labute approximate surface area is 117 Å². The number of carbonyl (C=O) groups excluding carboxylic acids is 1. The van der Waals surface area contributed by atoms with Crippen molar-refractivity contribution in [1.82, 2.24) is 0 Å². The van der Waals surface area contributed by atoms with Crippen molar-refractivity contribution < 1.29 is 9.53 Å². The standard InChI is InChI=1S/C16H16O2S/c1-10(2)13-9-12-8-11(15-4-3-7-19-15)5-6-14(12)18-16(13)17/h3-8,10,13H,9H2,1-2H3. The molecular formula is C16H16O2S. The van der Waals surface area contributed by atoms with Crippen LogP contribution < -0.4 is 4.74 Å². The van der Waals surface area contributed by atoms with Gasteiger partial charge in [-0.1, -0.05) is 19.9 Å². The minimum Gasteiger partial charge on any atom is -0.426 e. The third kappa shape index (κ3) is 2.30. The van der Waals surface area contributed by atoms with Crippen LogP contribution >= 0.6 is 11.3 Å². The molecule has 0 spiro atoms. The Morgan fingerprint density at radius 3 is 2.84 bits per heavy atom. The lowest BCUT2D eigenvalue weighted by Gasteiger charge is -2.26. The smallest absolute Gasteiger partial charge is 0.314 e. The molecule has 1 aliphatic rings. The normalized spacial score (nSPS) is 18.3. The largest absolute Gasteiger partial charge is 0.426 e. The number of hydrogen-bond acceptors (Lipinski definition) is 3. The van der Waals surface area contributed by atoms with Gasteiger partial charge in [-0.3, -0.25) is 4.79 Å². The lowest BCUT2D eigenvalue weighted by atomic mass is 9.86. The first kappa shape index (κ1) is 12.4. The van der Waals surface area contributed by atoms with E-state index in [-0.39, 0.29) is 11.9 Å². The maximum atomic E-state index is 11.9. The molecule has 98 valence electrons. The van der Waals surface area contributed by atoms with E-state index >= 15 is 0 Å². The second-order valence-electron chi connectivity index (χ2n) is 5.28. The van der Waals surface area contributed by atoms with E-state index in [1.165, 1.54) is 10.4 Å². The van der Waals surface area contributed by atoms with Gasteiger partial charge in [0.2, 0.25) is 0 Å². The van der Waals surface area contributed by atoms with E-state index in [1.807, 2.05) is 12.1 Å². The van der Waals surface area contributed by atoms with Crippen molar-refractivity contribution in [1.29, 1.82) is 0 Å². The molecule has 2 nitrogen and oxygen atoms in total. The van der Waals surface area contributed by atoms with Crippen molar-refractivity contribution in [3.63, 3.8) is 0 Å². The fourth-order valence-electron chi connectivity index (χ4n) is 2.45. The molecular weight excluding hydrogens is 256 g/mol. The number of fused-ring (bicyclic) bond motifs is 1. The van der Waals surface area contributed by atoms with Gasteiger partial charge in [0.25, 0.3) is 0 Å². The van der Waals surface area contributed by atoms with Crippen LogP contribution in [0, 0.1) is 11.8 Å². The summed E-state index contributed by atoms with van der Waals surface area (Å²) < 4.78 is 5.44. The van der Waals surface area contributed by atoms with Gasteiger partial charge in [0.05, 0.1) is 5.92 Å². The molecule has 1 atom stereocenters. The minimum absolute atomic E-state index is 0.0221. The van der Waals surface area contributed by atoms with Crippen LogP contribution in [0.1, 0.15) is 19.4 Å². The second-order valence-corrected chi connectivity index (χ2v) is 6.22. The van der Waals surface area contributed by atoms with E-state index in [2.05, 4.69) is 37.4 Å². The van der Waals surface area contributed by atoms with Crippen molar-refractivity contribution in [2.24, 2.45) is 11.8 Å². The van der Waals surface area contributed by atoms with Crippen molar-refractivity contribution >= 4 is 17.3 Å². The molecule has 0 fully saturated rings. The third-order valence-corrected chi connectivity index (χ3v) is 4.54. The molecule has 0 saturated heterocycles. The predicted octanol–water partition coefficient (Wildman–Crippen LogP) is 4.15. The Morgan fingerprint density at radius 2 is 2.16 bits per heavy atom. The molecule has 3 heteroatoms. The molecule has 1 aromatic carbocycles. The number of thiophene rings is 1. The monoisotopic (exact) mass is 272 g/mol. The maximum absolute atomic E-state index is 11.9. The van der Waals surface area contributed by atoms with Crippen LogP contribution in [0.4, 0.5) is 0 Å². The summed E-state index contributed by atoms with van der Waals surface area (Å²) in [5.41, 5.74) is 2.35. The number of ether oxygens (including phenoxy) is 1. The molecule has 0 radical (unpaired) electrons. The van der Waals surface area contributed by atoms with Crippen LogP contribution in [0.5, 0.6) is 5.75 Å². The summed E-state index contributed by atoms with van der Waals surface area (Å²) in [5, 5.41) is 2.08. The highest BCUT2D eigenvalue weighted by atomic mass is 32.1. The van der Waals surface area contributed by atoms with Gasteiger partial charge in [-0.15, -0.1) is 11.3 Å². The topological polar surface area (TPSA) is 26.3 Å². The first-order valence-electron chi connectivity index (χ1n) is 6.53. The van der Waals surface area contributed by atoms with Crippen LogP contribution in [0.15, 0.2) is 35.7 Å². The van der Waals surface area contributed by atoms with Crippen molar-refractivity contribution in [3.05, 3.63) is 41.3 Å². The summed E-state index contributed by atoms with van der Waals surface area (Å²) >= 11 is 1.73. The Balaban J connectivity index is 1.97. The van der Waals surface area contributed by atoms with Crippen LogP contribution in [0.25, 0.3) is 10.4 Å². The summed E-state index contributed by atoms with van der Waals surface area (Å²) in [6, 6.07) is 10.3. The SMILES string of the molecule is CC(C)C1Cc2cc(-c3cccs3)ccc2OC1=O. The summed E-state index contributed by atoms with van der Waals surface area (Å²) in [5.74, 6) is 0.922. The summed E-state index contributed by atoms with van der Waals surface area (Å²) in [7, 11) is 0. The Kier molecular flexibility index (Phi) is 3.15. The number of rotatable bonds is 2. The zero-order valence-corrected chi connectivity index (χ0v) is 11.9. The van der Waals surface area contributed by atoms with Crippen LogP contribution in [-0.4, -0.2) is 5.97 Å². The second kappa shape index (κ2) is 4.82. The molecule has 0 bridgehead atoms. The van der Waals surface area contributed by atoms with E-state index < -0.39 is 0 Å². The molecule has 3 rings (SSSR count). The van der Waals surface area contributed by atoms with E-state index in [0.717, 1.165) is 17.7 Å². The Bertz CT molecular complexity index is 599. The highest BCUT2D eigenvalue weighted by Gasteiger charge is 2.30. The minimum atomic E-state index is -0.0913. The lowest BCUT2D eigenvalue weighted by Crippen LogP contribution is -2.31. The molecule has 1 aromatic heterocycles. The molecule has 0 amide bonds. The molecule has 1 unspecified atom stereocenters. The molecule has 1 aliphatic heterocycles. The quantitative estimate of drug-likeness (QED) is 0.606. The number of benzene rings is 1. The van der Waals surface area contributed by atoms with Gasteiger partial charge in [0, 0.05) is 4.88 Å². The lowest BCUT2D eigenvalue weighted by molar-refractivity contribution is -0.141. The van der Waals surface area contributed by atoms with E-state index in [1.54, 1.807) is 11.3 Å². The van der Waals surface area contributed by atoms with Gasteiger partial charge in [-0.05, 0) is 53.1 Å². The fraction of sp³-hybridized carbons (Fsp3) is 0.312. The Morgan fingerprint density at radius 1 is 1.32 bits per heavy atom. The molecule has 0 saturated carbocycles. The van der Waals surface area contributed by atoms with Crippen LogP contribution in [0.2, 0.25) is 0 Å². The zero-order valence-electron chi connectivity index (χ0n) is 11.1. The zero-order chi connectivity index (χ0) is 13.4. The molecule has 2 heterocycles. The van der Waals surface area contributed by atoms with Crippen molar-refractivity contribution in [3.8, 4) is 16.2 Å². The van der Waals surface area contributed by atoms with Gasteiger partial charge in [0.15, 0.2) is 0 Å². The summed E-state index contributed by atoms with van der Waals surface area (Å²) in [4.78, 5) is 13.1. The first-order valence-corrected chi connectivity index (χ1v) is 7.41. The van der Waals surface area contributed by atoms with Gasteiger partial charge in [0.1, 0.15) is 5.75 Å². The summed E-state index contributed by atoms with van der Waals surface area (Å²) in [6.45, 7) is 4.14.